The van der Waals surface area contributed by atoms with Gasteiger partial charge < -0.3 is 21.1 Å². The number of amides is 1. The van der Waals surface area contributed by atoms with E-state index in [-0.39, 0.29) is 16.9 Å². The molecule has 3 aliphatic rings. The zero-order valence-corrected chi connectivity index (χ0v) is 20.5. The van der Waals surface area contributed by atoms with E-state index in [1.54, 1.807) is 19.0 Å². The highest BCUT2D eigenvalue weighted by Gasteiger charge is 2.54. The third kappa shape index (κ3) is 3.83. The molecule has 2 unspecified atom stereocenters. The summed E-state index contributed by atoms with van der Waals surface area (Å²) in [5.41, 5.74) is 6.82. The monoisotopic (exact) mass is 483 g/mol. The number of likely N-dealkylation sites (N-methyl/N-ethyl adjacent to an activating group) is 1. The van der Waals surface area contributed by atoms with E-state index in [1.807, 2.05) is 6.07 Å². The molecule has 0 saturated heterocycles. The summed E-state index contributed by atoms with van der Waals surface area (Å²) in [5.74, 6) is -5.41. The number of nitrogens with two attached hydrogens (primary N) is 1. The molecular formula is C26H33N3O6. The van der Waals surface area contributed by atoms with Crippen LogP contribution in [0.1, 0.15) is 41.8 Å². The zero-order valence-electron chi connectivity index (χ0n) is 20.5. The molecule has 0 aliphatic heterocycles. The number of aromatic hydroxyl groups is 1. The standard InChI is InChI=1S/C26H33N3O6/c1-5-29(6-2)11-12-7-8-16(30)18-14(12)9-13-10-15-19(23(32)17(13)22(18)31)24(33)20(26(27)35)25(34)21(15)28(3)4/h7-8,13,15,19,21,30,32,34H,5-6,9-11H2,1-4H3,(H2,27,35)/t13?,15-,19?,21-/m1/s1. The van der Waals surface area contributed by atoms with Gasteiger partial charge in [-0.15, -0.1) is 0 Å². The Morgan fingerprint density at radius 2 is 1.74 bits per heavy atom. The Morgan fingerprint density at radius 1 is 1.09 bits per heavy atom. The Labute approximate surface area is 204 Å². The van der Waals surface area contributed by atoms with E-state index < -0.39 is 58.4 Å². The number of benzene rings is 1. The fourth-order valence-electron chi connectivity index (χ4n) is 6.17. The molecule has 1 aromatic carbocycles. The van der Waals surface area contributed by atoms with Crippen LogP contribution in [-0.2, 0) is 22.6 Å². The van der Waals surface area contributed by atoms with Gasteiger partial charge in [0.05, 0.1) is 17.5 Å². The molecule has 0 heterocycles. The predicted molar refractivity (Wildman–Crippen MR) is 129 cm³/mol. The van der Waals surface area contributed by atoms with Gasteiger partial charge in [0, 0.05) is 12.1 Å². The number of carbonyl (C=O) groups excluding carboxylic acids is 3. The van der Waals surface area contributed by atoms with Gasteiger partial charge in [-0.05, 0) is 69.1 Å². The highest BCUT2D eigenvalue weighted by molar-refractivity contribution is 6.22. The second-order valence-electron chi connectivity index (χ2n) is 9.86. The molecule has 0 radical (unpaired) electrons. The summed E-state index contributed by atoms with van der Waals surface area (Å²) >= 11 is 0. The number of hydrogen-bond acceptors (Lipinski definition) is 8. The average Bonchev–Trinajstić information content (AvgIpc) is 2.77. The lowest BCUT2D eigenvalue weighted by molar-refractivity contribution is -0.127. The molecule has 0 bridgehead atoms. The minimum Gasteiger partial charge on any atom is -0.511 e. The molecule has 0 spiro atoms. The number of ketones is 2. The van der Waals surface area contributed by atoms with Crippen molar-refractivity contribution in [3.63, 3.8) is 0 Å². The Bertz CT molecular complexity index is 1160. The molecule has 5 N–H and O–H groups in total. The topological polar surface area (TPSA) is 144 Å². The van der Waals surface area contributed by atoms with Crippen molar-refractivity contribution in [2.24, 2.45) is 23.5 Å². The van der Waals surface area contributed by atoms with Gasteiger partial charge in [0.2, 0.25) is 0 Å². The smallest absolute Gasteiger partial charge is 0.255 e. The van der Waals surface area contributed by atoms with Crippen LogP contribution < -0.4 is 5.73 Å². The zero-order chi connectivity index (χ0) is 25.8. The molecule has 188 valence electrons. The second-order valence-corrected chi connectivity index (χ2v) is 9.86. The lowest BCUT2D eigenvalue weighted by Crippen LogP contribution is -2.53. The minimum atomic E-state index is -1.17. The number of rotatable bonds is 6. The first-order chi connectivity index (χ1) is 16.5. The summed E-state index contributed by atoms with van der Waals surface area (Å²) in [6.07, 6.45) is 0.760. The van der Waals surface area contributed by atoms with Crippen molar-refractivity contribution in [2.45, 2.75) is 39.3 Å². The van der Waals surface area contributed by atoms with Crippen molar-refractivity contribution in [1.82, 2.24) is 9.80 Å². The fraction of sp³-hybridized carbons (Fsp3) is 0.500. The van der Waals surface area contributed by atoms with Gasteiger partial charge in [-0.1, -0.05) is 19.9 Å². The van der Waals surface area contributed by atoms with Gasteiger partial charge in [-0.25, -0.2) is 0 Å². The number of carbonyl (C=O) groups is 3. The second kappa shape index (κ2) is 9.13. The highest BCUT2D eigenvalue weighted by atomic mass is 16.3. The van der Waals surface area contributed by atoms with Crippen LogP contribution in [0, 0.1) is 17.8 Å². The molecule has 9 nitrogen and oxygen atoms in total. The summed E-state index contributed by atoms with van der Waals surface area (Å²) < 4.78 is 0. The third-order valence-corrected chi connectivity index (χ3v) is 7.84. The molecule has 4 atom stereocenters. The van der Waals surface area contributed by atoms with Crippen LogP contribution in [0.5, 0.6) is 5.75 Å². The van der Waals surface area contributed by atoms with E-state index in [4.69, 9.17) is 5.73 Å². The molecular weight excluding hydrogens is 450 g/mol. The van der Waals surface area contributed by atoms with Gasteiger partial charge in [0.15, 0.2) is 11.6 Å². The van der Waals surface area contributed by atoms with E-state index in [9.17, 15) is 29.7 Å². The predicted octanol–water partition coefficient (Wildman–Crippen LogP) is 1.85. The SMILES string of the molecule is CCN(CC)Cc1ccc(O)c2c1CC1C[C@@H]3C(C(=O)C(C(N)=O)=C(O)[C@@H]3N(C)C)C(O)=C1C2=O. The number of aliphatic hydroxyl groups is 2. The minimum absolute atomic E-state index is 0.102. The summed E-state index contributed by atoms with van der Waals surface area (Å²) in [5, 5.41) is 32.7. The van der Waals surface area contributed by atoms with Crippen LogP contribution in [0.15, 0.2) is 34.8 Å². The molecule has 1 amide bonds. The number of Topliss-reactive ketones (excluding diaryl/α,β-unsaturated/α-hetero) is 2. The number of aliphatic hydroxyl groups excluding tert-OH is 2. The number of fused-ring (bicyclic) bond motifs is 3. The van der Waals surface area contributed by atoms with E-state index in [0.29, 0.717) is 19.4 Å². The van der Waals surface area contributed by atoms with Gasteiger partial charge in [0.25, 0.3) is 5.91 Å². The van der Waals surface area contributed by atoms with E-state index in [1.165, 1.54) is 6.07 Å². The molecule has 0 aromatic heterocycles. The molecule has 1 aromatic rings. The number of nitrogens with zero attached hydrogens (tertiary/aromatic N) is 2. The van der Waals surface area contributed by atoms with E-state index in [2.05, 4.69) is 18.7 Å². The summed E-state index contributed by atoms with van der Waals surface area (Å²) in [6, 6.07) is 2.61. The molecule has 3 aliphatic carbocycles. The van der Waals surface area contributed by atoms with Gasteiger partial charge in [0.1, 0.15) is 22.8 Å². The number of hydrogen-bond donors (Lipinski definition) is 4. The van der Waals surface area contributed by atoms with Crippen LogP contribution in [-0.4, -0.2) is 75.8 Å². The first-order valence-electron chi connectivity index (χ1n) is 12.0. The molecule has 35 heavy (non-hydrogen) atoms. The van der Waals surface area contributed by atoms with Gasteiger partial charge in [-0.2, -0.15) is 0 Å². The highest BCUT2D eigenvalue weighted by Crippen LogP contribution is 2.50. The molecule has 0 saturated carbocycles. The average molecular weight is 484 g/mol. The quantitative estimate of drug-likeness (QED) is 0.449. The van der Waals surface area contributed by atoms with Crippen molar-refractivity contribution >= 4 is 17.5 Å². The van der Waals surface area contributed by atoms with Crippen molar-refractivity contribution in [2.75, 3.05) is 27.2 Å². The van der Waals surface area contributed by atoms with Crippen LogP contribution in [0.3, 0.4) is 0 Å². The Balaban J connectivity index is 1.86. The Morgan fingerprint density at radius 3 is 2.31 bits per heavy atom. The molecule has 0 fully saturated rings. The van der Waals surface area contributed by atoms with Crippen LogP contribution in [0.4, 0.5) is 0 Å². The molecule has 4 rings (SSSR count). The van der Waals surface area contributed by atoms with Crippen LogP contribution >= 0.6 is 0 Å². The normalized spacial score (nSPS) is 26.2. The van der Waals surface area contributed by atoms with E-state index >= 15 is 0 Å². The molecule has 9 heteroatoms. The lowest BCUT2D eigenvalue weighted by Gasteiger charge is -2.46. The largest absolute Gasteiger partial charge is 0.511 e. The van der Waals surface area contributed by atoms with Gasteiger partial charge >= 0.3 is 0 Å². The number of phenolic OH excluding ortho intramolecular Hbond substituents is 1. The van der Waals surface area contributed by atoms with Crippen LogP contribution in [0.25, 0.3) is 0 Å². The van der Waals surface area contributed by atoms with Crippen molar-refractivity contribution in [1.29, 1.82) is 0 Å². The first-order valence-corrected chi connectivity index (χ1v) is 12.0. The Kier molecular flexibility index (Phi) is 6.50. The number of allylic oxidation sites excluding steroid dienone is 2. The van der Waals surface area contributed by atoms with Crippen molar-refractivity contribution in [3.05, 3.63) is 51.5 Å². The fourth-order valence-corrected chi connectivity index (χ4v) is 6.17. The lowest BCUT2D eigenvalue weighted by atomic mass is 9.60. The summed E-state index contributed by atoms with van der Waals surface area (Å²) in [6.45, 7) is 6.41. The maximum Gasteiger partial charge on any atom is 0.255 e. The summed E-state index contributed by atoms with van der Waals surface area (Å²) in [7, 11) is 3.42. The van der Waals surface area contributed by atoms with Crippen molar-refractivity contribution in [3.8, 4) is 5.75 Å². The first kappa shape index (κ1) is 24.9. The van der Waals surface area contributed by atoms with Crippen LogP contribution in [0.2, 0.25) is 0 Å². The number of primary amides is 1. The maximum atomic E-state index is 13.7. The summed E-state index contributed by atoms with van der Waals surface area (Å²) in [4.78, 5) is 42.8. The van der Waals surface area contributed by atoms with E-state index in [0.717, 1.165) is 24.2 Å². The Hall–Kier alpha value is -3.17. The van der Waals surface area contributed by atoms with Crippen molar-refractivity contribution < 1.29 is 29.7 Å². The third-order valence-electron chi connectivity index (χ3n) is 7.84. The number of phenols is 1. The van der Waals surface area contributed by atoms with Gasteiger partial charge in [-0.3, -0.25) is 24.2 Å². The maximum absolute atomic E-state index is 13.7.